The molecule has 1 heteroatoms. The third kappa shape index (κ3) is 2.19. The second-order valence-corrected chi connectivity index (χ2v) is 8.39. The highest BCUT2D eigenvalue weighted by atomic mass is 31.2. The van der Waals surface area contributed by atoms with Crippen molar-refractivity contribution in [2.45, 2.75) is 6.16 Å². The summed E-state index contributed by atoms with van der Waals surface area (Å²) in [4.78, 5) is 0. The van der Waals surface area contributed by atoms with Gasteiger partial charge >= 0.3 is 0 Å². The van der Waals surface area contributed by atoms with Crippen LogP contribution in [0.4, 0.5) is 0 Å². The summed E-state index contributed by atoms with van der Waals surface area (Å²) in [6.45, 7) is 2.49. The summed E-state index contributed by atoms with van der Waals surface area (Å²) in [7, 11) is -0.653. The molecule has 13 heavy (non-hydrogen) atoms. The van der Waals surface area contributed by atoms with E-state index in [1.807, 2.05) is 0 Å². The molecule has 2 rings (SSSR count). The highest BCUT2D eigenvalue weighted by Gasteiger charge is 2.32. The predicted molar refractivity (Wildman–Crippen MR) is 61.9 cm³/mol. The monoisotopic (exact) mass is 191 g/mol. The molecular formula is C12H16P+. The van der Waals surface area contributed by atoms with Crippen LogP contribution in [-0.4, -0.2) is 19.0 Å². The minimum atomic E-state index is -0.653. The lowest BCUT2D eigenvalue weighted by Gasteiger charge is -2.16. The summed E-state index contributed by atoms with van der Waals surface area (Å²) in [5.41, 5.74) is 1.52. The maximum absolute atomic E-state index is 2.49. The number of hydrogen-bond acceptors (Lipinski definition) is 0. The van der Waals surface area contributed by atoms with Crippen LogP contribution in [0.1, 0.15) is 5.56 Å². The van der Waals surface area contributed by atoms with E-state index in [-0.39, 0.29) is 0 Å². The van der Waals surface area contributed by atoms with Gasteiger partial charge in [-0.1, -0.05) is 30.3 Å². The molecule has 0 atom stereocenters. The van der Waals surface area contributed by atoms with Crippen molar-refractivity contribution in [1.82, 2.24) is 0 Å². The molecule has 0 saturated heterocycles. The first-order chi connectivity index (χ1) is 6.29. The van der Waals surface area contributed by atoms with E-state index < -0.39 is 7.26 Å². The highest BCUT2D eigenvalue weighted by molar-refractivity contribution is 7.75. The molecule has 68 valence electrons. The average molecular weight is 191 g/mol. The molecule has 0 N–H and O–H groups in total. The van der Waals surface area contributed by atoms with Crippen LogP contribution in [0.25, 0.3) is 0 Å². The molecule has 0 radical (unpaired) electrons. The van der Waals surface area contributed by atoms with Crippen molar-refractivity contribution < 1.29 is 0 Å². The van der Waals surface area contributed by atoms with Gasteiger partial charge in [0.05, 0.1) is 18.5 Å². The van der Waals surface area contributed by atoms with Crippen molar-refractivity contribution in [3.8, 4) is 0 Å². The Hall–Kier alpha value is -0.610. The smallest absolute Gasteiger partial charge is 0.0622 e. The largest absolute Gasteiger partial charge is 0.0846 e. The fourth-order valence-corrected chi connectivity index (χ4v) is 4.70. The van der Waals surface area contributed by atoms with Gasteiger partial charge in [-0.15, -0.1) is 0 Å². The summed E-state index contributed by atoms with van der Waals surface area (Å²) in [6.07, 6.45) is 8.73. The number of hydrogen-bond donors (Lipinski definition) is 0. The Kier molecular flexibility index (Phi) is 2.51. The van der Waals surface area contributed by atoms with E-state index in [2.05, 4.69) is 49.1 Å². The molecule has 1 aromatic rings. The Labute approximate surface area is 81.0 Å². The normalized spacial score (nSPS) is 19.2. The van der Waals surface area contributed by atoms with Crippen molar-refractivity contribution >= 4 is 7.26 Å². The summed E-state index contributed by atoms with van der Waals surface area (Å²) < 4.78 is 0. The lowest BCUT2D eigenvalue weighted by atomic mass is 10.2. The standard InChI is InChI=1S/C12H16P/c1-13(9-5-6-10-13)11-12-7-3-2-4-8-12/h2-8H,9-11H2,1H3/q+1. The van der Waals surface area contributed by atoms with Crippen LogP contribution in [0.3, 0.4) is 0 Å². The molecule has 0 spiro atoms. The lowest BCUT2D eigenvalue weighted by Crippen LogP contribution is -1.97. The summed E-state index contributed by atoms with van der Waals surface area (Å²) in [5, 5.41) is 0. The Morgan fingerprint density at radius 2 is 1.69 bits per heavy atom. The first-order valence-electron chi connectivity index (χ1n) is 4.81. The van der Waals surface area contributed by atoms with E-state index >= 15 is 0 Å². The van der Waals surface area contributed by atoms with Gasteiger partial charge in [-0.2, -0.15) is 0 Å². The Morgan fingerprint density at radius 1 is 1.08 bits per heavy atom. The number of rotatable bonds is 2. The average Bonchev–Trinajstić information content (AvgIpc) is 2.54. The van der Waals surface area contributed by atoms with E-state index in [9.17, 15) is 0 Å². The van der Waals surface area contributed by atoms with Crippen LogP contribution in [0, 0.1) is 0 Å². The second kappa shape index (κ2) is 3.64. The first-order valence-corrected chi connectivity index (χ1v) is 7.60. The van der Waals surface area contributed by atoms with Crippen molar-refractivity contribution in [1.29, 1.82) is 0 Å². The first kappa shape index (κ1) is 8.97. The van der Waals surface area contributed by atoms with Crippen LogP contribution < -0.4 is 0 Å². The highest BCUT2D eigenvalue weighted by Crippen LogP contribution is 2.60. The zero-order valence-electron chi connectivity index (χ0n) is 8.11. The van der Waals surface area contributed by atoms with Crippen LogP contribution >= 0.6 is 7.26 Å². The molecule has 0 saturated carbocycles. The molecule has 0 unspecified atom stereocenters. The lowest BCUT2D eigenvalue weighted by molar-refractivity contribution is 1.36. The van der Waals surface area contributed by atoms with E-state index in [1.165, 1.54) is 24.0 Å². The zero-order chi connectivity index (χ0) is 9.15. The summed E-state index contributed by atoms with van der Waals surface area (Å²) >= 11 is 0. The second-order valence-electron chi connectivity index (χ2n) is 4.10. The Bertz CT molecular complexity index is 292. The predicted octanol–water partition coefficient (Wildman–Crippen LogP) is 3.40. The van der Waals surface area contributed by atoms with E-state index in [0.29, 0.717) is 0 Å². The van der Waals surface area contributed by atoms with Gasteiger partial charge in [-0.25, -0.2) is 0 Å². The van der Waals surface area contributed by atoms with E-state index in [4.69, 9.17) is 0 Å². The van der Waals surface area contributed by atoms with Gasteiger partial charge in [0.1, 0.15) is 0 Å². The van der Waals surface area contributed by atoms with Gasteiger partial charge in [0.15, 0.2) is 0 Å². The van der Waals surface area contributed by atoms with Crippen molar-refractivity contribution in [2.24, 2.45) is 0 Å². The molecular weight excluding hydrogens is 175 g/mol. The maximum Gasteiger partial charge on any atom is 0.0846 e. The van der Waals surface area contributed by atoms with Gasteiger partial charge < -0.3 is 0 Å². The van der Waals surface area contributed by atoms with Crippen LogP contribution in [-0.2, 0) is 6.16 Å². The molecule has 0 bridgehead atoms. The molecule has 1 aliphatic rings. The quantitative estimate of drug-likeness (QED) is 0.496. The molecule has 0 fully saturated rings. The van der Waals surface area contributed by atoms with Gasteiger partial charge in [-0.05, 0) is 17.7 Å². The Morgan fingerprint density at radius 3 is 2.31 bits per heavy atom. The van der Waals surface area contributed by atoms with Gasteiger partial charge in [0.25, 0.3) is 0 Å². The van der Waals surface area contributed by atoms with Crippen molar-refractivity contribution in [2.75, 3.05) is 19.0 Å². The van der Waals surface area contributed by atoms with Crippen LogP contribution in [0.5, 0.6) is 0 Å². The molecule has 0 aromatic heterocycles. The van der Waals surface area contributed by atoms with Crippen molar-refractivity contribution in [3.05, 3.63) is 48.0 Å². The maximum atomic E-state index is 2.49. The van der Waals surface area contributed by atoms with Gasteiger partial charge in [0, 0.05) is 13.9 Å². The number of allylic oxidation sites excluding steroid dienone is 2. The zero-order valence-corrected chi connectivity index (χ0v) is 9.00. The fourth-order valence-electron chi connectivity index (χ4n) is 1.89. The summed E-state index contributed by atoms with van der Waals surface area (Å²) in [5.74, 6) is 0. The minimum Gasteiger partial charge on any atom is -0.0622 e. The SMILES string of the molecule is C[P+]1(Cc2ccccc2)CC=CC1. The van der Waals surface area contributed by atoms with Gasteiger partial charge in [0.2, 0.25) is 0 Å². The third-order valence-corrected chi connectivity index (χ3v) is 5.98. The fraction of sp³-hybridized carbons (Fsp3) is 0.333. The summed E-state index contributed by atoms with van der Waals surface area (Å²) in [6, 6.07) is 10.9. The van der Waals surface area contributed by atoms with E-state index in [1.54, 1.807) is 0 Å². The molecule has 1 aromatic carbocycles. The topological polar surface area (TPSA) is 0 Å². The third-order valence-electron chi connectivity index (χ3n) is 2.67. The molecule has 0 nitrogen and oxygen atoms in total. The Balaban J connectivity index is 2.06. The van der Waals surface area contributed by atoms with Gasteiger partial charge in [-0.3, -0.25) is 0 Å². The van der Waals surface area contributed by atoms with Crippen molar-refractivity contribution in [3.63, 3.8) is 0 Å². The molecule has 0 aliphatic carbocycles. The molecule has 1 heterocycles. The molecule has 0 amide bonds. The van der Waals surface area contributed by atoms with Crippen LogP contribution in [0.2, 0.25) is 0 Å². The van der Waals surface area contributed by atoms with Crippen LogP contribution in [0.15, 0.2) is 42.5 Å². The van der Waals surface area contributed by atoms with E-state index in [0.717, 1.165) is 0 Å². The minimum absolute atomic E-state index is 0.653. The molecule has 1 aliphatic heterocycles. The number of benzene rings is 1.